The highest BCUT2D eigenvalue weighted by molar-refractivity contribution is 5.92. The maximum absolute atomic E-state index is 13.4. The van der Waals surface area contributed by atoms with E-state index in [4.69, 9.17) is 10.6 Å². The van der Waals surface area contributed by atoms with Crippen molar-refractivity contribution < 1.29 is 22.8 Å². The number of hydrogen-bond acceptors (Lipinski definition) is 4. The Morgan fingerprint density at radius 1 is 1.25 bits per heavy atom. The number of amides is 1. The second-order valence-corrected chi connectivity index (χ2v) is 4.57. The molecule has 1 aromatic rings. The van der Waals surface area contributed by atoms with Gasteiger partial charge in [-0.15, -0.1) is 0 Å². The molecule has 1 aromatic carbocycles. The largest absolute Gasteiger partial charge is 0.366 e. The van der Waals surface area contributed by atoms with Gasteiger partial charge in [0.25, 0.3) is 0 Å². The van der Waals surface area contributed by atoms with Crippen LogP contribution in [0.25, 0.3) is 0 Å². The number of benzene rings is 1. The van der Waals surface area contributed by atoms with Crippen molar-refractivity contribution in [3.8, 4) is 0 Å². The Balaban J connectivity index is 2.38. The lowest BCUT2D eigenvalue weighted by Gasteiger charge is -2.28. The summed E-state index contributed by atoms with van der Waals surface area (Å²) in [5, 5.41) is 2.44. The molecule has 110 valence electrons. The van der Waals surface area contributed by atoms with Gasteiger partial charge in [-0.2, -0.15) is 5.48 Å². The molecule has 1 atom stereocenters. The first kappa shape index (κ1) is 14.8. The third kappa shape index (κ3) is 2.37. The van der Waals surface area contributed by atoms with E-state index in [0.29, 0.717) is 0 Å². The fraction of sp³-hybridized carbons (Fsp3) is 0.417. The summed E-state index contributed by atoms with van der Waals surface area (Å²) < 4.78 is 39.2. The van der Waals surface area contributed by atoms with Gasteiger partial charge in [-0.3, -0.25) is 14.9 Å². The lowest BCUT2D eigenvalue weighted by Crippen LogP contribution is -2.55. The molecule has 1 fully saturated rings. The third-order valence-electron chi connectivity index (χ3n) is 3.13. The van der Waals surface area contributed by atoms with Gasteiger partial charge in [0.2, 0.25) is 5.91 Å². The molecule has 1 saturated heterocycles. The Morgan fingerprint density at radius 2 is 1.95 bits per heavy atom. The Hall–Kier alpha value is -1.64. The van der Waals surface area contributed by atoms with Crippen molar-refractivity contribution in [3.63, 3.8) is 0 Å². The first-order valence-corrected chi connectivity index (χ1v) is 5.83. The summed E-state index contributed by atoms with van der Waals surface area (Å²) in [7, 11) is 0. The van der Waals surface area contributed by atoms with Gasteiger partial charge in [0, 0.05) is 5.56 Å². The second kappa shape index (κ2) is 5.39. The van der Waals surface area contributed by atoms with Crippen LogP contribution in [0.3, 0.4) is 0 Å². The maximum atomic E-state index is 13.4. The molecule has 1 unspecified atom stereocenters. The van der Waals surface area contributed by atoms with Crippen molar-refractivity contribution in [1.82, 2.24) is 10.8 Å². The van der Waals surface area contributed by atoms with Crippen molar-refractivity contribution >= 4 is 5.91 Å². The molecular weight excluding hydrogens is 275 g/mol. The quantitative estimate of drug-likeness (QED) is 0.744. The van der Waals surface area contributed by atoms with Crippen molar-refractivity contribution in [2.24, 2.45) is 5.73 Å². The van der Waals surface area contributed by atoms with Gasteiger partial charge in [-0.25, -0.2) is 13.2 Å². The normalized spacial score (nSPS) is 24.8. The zero-order chi connectivity index (χ0) is 14.8. The minimum absolute atomic E-state index is 0.150. The van der Waals surface area contributed by atoms with E-state index in [1.807, 2.05) is 0 Å². The molecular formula is C12H14F3N3O2. The van der Waals surface area contributed by atoms with Crippen LogP contribution < -0.4 is 16.5 Å². The molecule has 1 amide bonds. The van der Waals surface area contributed by atoms with E-state index in [1.165, 1.54) is 24.3 Å². The molecule has 2 rings (SSSR count). The van der Waals surface area contributed by atoms with E-state index in [2.05, 4.69) is 10.8 Å². The first-order chi connectivity index (χ1) is 9.51. The fourth-order valence-electron chi connectivity index (χ4n) is 1.99. The minimum Gasteiger partial charge on any atom is -0.366 e. The number of hydrogen-bond donors (Lipinski definition) is 3. The number of primary amides is 1. The van der Waals surface area contributed by atoms with Crippen molar-refractivity contribution in [3.05, 3.63) is 35.4 Å². The monoisotopic (exact) mass is 289 g/mol. The van der Waals surface area contributed by atoms with Gasteiger partial charge in [-0.1, -0.05) is 12.1 Å². The molecule has 4 N–H and O–H groups in total. The molecule has 0 aliphatic carbocycles. The van der Waals surface area contributed by atoms with Gasteiger partial charge in [-0.05, 0) is 17.7 Å². The molecule has 0 bridgehead atoms. The first-order valence-electron chi connectivity index (χ1n) is 5.83. The smallest absolute Gasteiger partial charge is 0.248 e. The van der Waals surface area contributed by atoms with Gasteiger partial charge in [0.05, 0.1) is 0 Å². The molecule has 1 aliphatic heterocycles. The molecule has 0 radical (unpaired) electrons. The molecule has 0 spiro atoms. The Labute approximate surface area is 113 Å². The molecule has 0 aromatic heterocycles. The number of carbonyl (C=O) groups is 1. The van der Waals surface area contributed by atoms with E-state index in [9.17, 15) is 18.0 Å². The van der Waals surface area contributed by atoms with Crippen LogP contribution in [0.2, 0.25) is 0 Å². The zero-order valence-electron chi connectivity index (χ0n) is 10.5. The summed E-state index contributed by atoms with van der Waals surface area (Å²) in [6.07, 6.45) is 0. The van der Waals surface area contributed by atoms with Crippen molar-refractivity contribution in [2.45, 2.75) is 11.4 Å². The van der Waals surface area contributed by atoms with E-state index >= 15 is 0 Å². The van der Waals surface area contributed by atoms with Crippen LogP contribution in [-0.4, -0.2) is 31.7 Å². The lowest BCUT2D eigenvalue weighted by molar-refractivity contribution is -0.0927. The zero-order valence-corrected chi connectivity index (χ0v) is 10.5. The van der Waals surface area contributed by atoms with E-state index in [1.54, 1.807) is 0 Å². The number of carbonyl (C=O) groups excluding carboxylic acids is 1. The van der Waals surface area contributed by atoms with Gasteiger partial charge < -0.3 is 5.73 Å². The highest BCUT2D eigenvalue weighted by Crippen LogP contribution is 2.30. The number of halogens is 3. The van der Waals surface area contributed by atoms with Crippen molar-refractivity contribution in [2.75, 3.05) is 20.0 Å². The lowest BCUT2D eigenvalue weighted by atomic mass is 9.98. The van der Waals surface area contributed by atoms with Crippen LogP contribution in [-0.2, 0) is 10.5 Å². The number of nitrogens with two attached hydrogens (primary N) is 1. The second-order valence-electron chi connectivity index (χ2n) is 4.57. The summed E-state index contributed by atoms with van der Waals surface area (Å²) in [5.74, 6) is -0.693. The number of hydroxylamine groups is 1. The Morgan fingerprint density at radius 3 is 2.45 bits per heavy atom. The minimum atomic E-state index is -1.95. The van der Waals surface area contributed by atoms with Crippen LogP contribution in [0, 0.1) is 0 Å². The standard InChI is InChI=1S/C12H14F3N3O2/c13-5-11(6-14)17-12(7-15,18-20-11)9-3-1-2-8(4-9)10(16)19/h1-4,17-18H,5-7H2,(H2,16,19). The third-order valence-corrected chi connectivity index (χ3v) is 3.13. The molecule has 1 aliphatic rings. The summed E-state index contributed by atoms with van der Waals surface area (Å²) >= 11 is 0. The SMILES string of the molecule is NC(=O)c1cccc(C2(CF)NOC(CF)(CF)N2)c1. The average Bonchev–Trinajstić information content (AvgIpc) is 2.89. The number of nitrogens with one attached hydrogen (secondary N) is 2. The highest BCUT2D eigenvalue weighted by atomic mass is 19.1. The van der Waals surface area contributed by atoms with E-state index < -0.39 is 37.3 Å². The predicted octanol–water partition coefficient (Wildman–Crippen LogP) is 0.667. The van der Waals surface area contributed by atoms with Crippen LogP contribution in [0.1, 0.15) is 15.9 Å². The van der Waals surface area contributed by atoms with Gasteiger partial charge in [0.1, 0.15) is 25.7 Å². The van der Waals surface area contributed by atoms with Crippen molar-refractivity contribution in [1.29, 1.82) is 0 Å². The van der Waals surface area contributed by atoms with Gasteiger partial charge >= 0.3 is 0 Å². The molecule has 20 heavy (non-hydrogen) atoms. The molecule has 8 heteroatoms. The molecule has 1 heterocycles. The topological polar surface area (TPSA) is 76.4 Å². The van der Waals surface area contributed by atoms with E-state index in [-0.39, 0.29) is 11.1 Å². The molecule has 0 saturated carbocycles. The van der Waals surface area contributed by atoms with Gasteiger partial charge in [0.15, 0.2) is 5.72 Å². The summed E-state index contributed by atoms with van der Waals surface area (Å²) in [5.41, 5.74) is 4.24. The van der Waals surface area contributed by atoms with Crippen LogP contribution in [0.15, 0.2) is 24.3 Å². The summed E-state index contributed by atoms with van der Waals surface area (Å²) in [6, 6.07) is 5.76. The highest BCUT2D eigenvalue weighted by Gasteiger charge is 2.51. The van der Waals surface area contributed by atoms with Crippen LogP contribution in [0.5, 0.6) is 0 Å². The fourth-order valence-corrected chi connectivity index (χ4v) is 1.99. The summed E-state index contributed by atoms with van der Waals surface area (Å²) in [4.78, 5) is 16.0. The Bertz CT molecular complexity index is 510. The maximum Gasteiger partial charge on any atom is 0.248 e. The number of rotatable bonds is 5. The van der Waals surface area contributed by atoms with Crippen LogP contribution >= 0.6 is 0 Å². The summed E-state index contributed by atoms with van der Waals surface area (Å²) in [6.45, 7) is -3.42. The Kier molecular flexibility index (Phi) is 3.98. The average molecular weight is 289 g/mol. The molecule has 5 nitrogen and oxygen atoms in total. The predicted molar refractivity (Wildman–Crippen MR) is 64.7 cm³/mol. The number of alkyl halides is 3. The van der Waals surface area contributed by atoms with Crippen LogP contribution in [0.4, 0.5) is 13.2 Å². The van der Waals surface area contributed by atoms with E-state index in [0.717, 1.165) is 0 Å².